The van der Waals surface area contributed by atoms with Crippen molar-refractivity contribution in [3.05, 3.63) is 29.6 Å². The quantitative estimate of drug-likeness (QED) is 0.842. The lowest BCUT2D eigenvalue weighted by Gasteiger charge is -2.23. The fraction of sp³-hybridized carbons (Fsp3) is 0.571. The van der Waals surface area contributed by atoms with Crippen molar-refractivity contribution in [1.29, 1.82) is 0 Å². The third kappa shape index (κ3) is 4.67. The first-order chi connectivity index (χ1) is 9.44. The van der Waals surface area contributed by atoms with Gasteiger partial charge in [0.2, 0.25) is 0 Å². The standard InChI is InChI=1S/C14H17F4NO/c15-13-7-6-12(20-14(16,17)18)8-10(13)9-19-11-4-2-1-3-5-11/h6-8,11,19H,1-5,9H2. The van der Waals surface area contributed by atoms with E-state index in [1.807, 2.05) is 0 Å². The largest absolute Gasteiger partial charge is 0.573 e. The van der Waals surface area contributed by atoms with Crippen LogP contribution in [0.5, 0.6) is 5.75 Å². The van der Waals surface area contributed by atoms with Gasteiger partial charge in [0.1, 0.15) is 11.6 Å². The number of nitrogens with one attached hydrogen (secondary N) is 1. The second kappa shape index (κ2) is 6.43. The van der Waals surface area contributed by atoms with Gasteiger partial charge >= 0.3 is 6.36 Å². The van der Waals surface area contributed by atoms with Crippen LogP contribution in [0.15, 0.2) is 18.2 Å². The minimum atomic E-state index is -4.76. The summed E-state index contributed by atoms with van der Waals surface area (Å²) in [6.45, 7) is 0.214. The molecule has 1 N–H and O–H groups in total. The molecule has 2 nitrogen and oxygen atoms in total. The monoisotopic (exact) mass is 291 g/mol. The Morgan fingerprint density at radius 3 is 2.50 bits per heavy atom. The van der Waals surface area contributed by atoms with E-state index in [2.05, 4.69) is 10.1 Å². The summed E-state index contributed by atoms with van der Waals surface area (Å²) < 4.78 is 53.7. The Morgan fingerprint density at radius 2 is 1.85 bits per heavy atom. The minimum Gasteiger partial charge on any atom is -0.406 e. The molecule has 0 heterocycles. The lowest BCUT2D eigenvalue weighted by molar-refractivity contribution is -0.274. The van der Waals surface area contributed by atoms with E-state index in [1.54, 1.807) is 0 Å². The van der Waals surface area contributed by atoms with Crippen molar-refractivity contribution < 1.29 is 22.3 Å². The third-order valence-electron chi connectivity index (χ3n) is 3.44. The molecular weight excluding hydrogens is 274 g/mol. The Bertz CT molecular complexity index is 441. The normalized spacial score (nSPS) is 17.2. The molecule has 0 aliphatic heterocycles. The number of alkyl halides is 3. The van der Waals surface area contributed by atoms with E-state index in [0.717, 1.165) is 43.9 Å². The van der Waals surface area contributed by atoms with E-state index in [9.17, 15) is 17.6 Å². The summed E-state index contributed by atoms with van der Waals surface area (Å²) in [7, 11) is 0. The maximum absolute atomic E-state index is 13.6. The highest BCUT2D eigenvalue weighted by atomic mass is 19.4. The minimum absolute atomic E-state index is 0.192. The molecule has 1 aromatic carbocycles. The number of ether oxygens (including phenoxy) is 1. The second-order valence-electron chi connectivity index (χ2n) is 5.02. The van der Waals surface area contributed by atoms with E-state index in [4.69, 9.17) is 0 Å². The Labute approximate surface area is 115 Å². The van der Waals surface area contributed by atoms with E-state index in [0.29, 0.717) is 6.04 Å². The molecule has 0 amide bonds. The molecule has 0 bridgehead atoms. The summed E-state index contributed by atoms with van der Waals surface area (Å²) >= 11 is 0. The lowest BCUT2D eigenvalue weighted by atomic mass is 9.95. The maximum atomic E-state index is 13.6. The van der Waals surface area contributed by atoms with Gasteiger partial charge in [-0.3, -0.25) is 0 Å². The van der Waals surface area contributed by atoms with Crippen LogP contribution in [0.1, 0.15) is 37.7 Å². The molecular formula is C14H17F4NO. The molecule has 0 radical (unpaired) electrons. The predicted molar refractivity (Wildman–Crippen MR) is 66.8 cm³/mol. The van der Waals surface area contributed by atoms with Gasteiger partial charge in [0.05, 0.1) is 0 Å². The van der Waals surface area contributed by atoms with Gasteiger partial charge in [-0.2, -0.15) is 0 Å². The molecule has 1 aromatic rings. The third-order valence-corrected chi connectivity index (χ3v) is 3.44. The van der Waals surface area contributed by atoms with Gasteiger partial charge in [-0.05, 0) is 31.0 Å². The van der Waals surface area contributed by atoms with Crippen molar-refractivity contribution in [2.75, 3.05) is 0 Å². The summed E-state index contributed by atoms with van der Waals surface area (Å²) in [5.41, 5.74) is 0.192. The van der Waals surface area contributed by atoms with Crippen molar-refractivity contribution in [2.24, 2.45) is 0 Å². The van der Waals surface area contributed by atoms with Crippen molar-refractivity contribution >= 4 is 0 Å². The SMILES string of the molecule is Fc1ccc(OC(F)(F)F)cc1CNC1CCCCC1. The molecule has 1 aliphatic rings. The number of benzene rings is 1. The first-order valence-electron chi connectivity index (χ1n) is 6.71. The van der Waals surface area contributed by atoms with Gasteiger partial charge in [-0.25, -0.2) is 4.39 Å². The van der Waals surface area contributed by atoms with Crippen molar-refractivity contribution in [3.8, 4) is 5.75 Å². The average molecular weight is 291 g/mol. The molecule has 1 saturated carbocycles. The Kier molecular flexibility index (Phi) is 4.86. The Morgan fingerprint density at radius 1 is 1.15 bits per heavy atom. The number of rotatable bonds is 4. The van der Waals surface area contributed by atoms with Gasteiger partial charge in [0.15, 0.2) is 0 Å². The molecule has 0 saturated heterocycles. The van der Waals surface area contributed by atoms with Crippen LogP contribution in [0.4, 0.5) is 17.6 Å². The molecule has 2 rings (SSSR count). The van der Waals surface area contributed by atoms with Gasteiger partial charge in [0.25, 0.3) is 0 Å². The number of halogens is 4. The molecule has 20 heavy (non-hydrogen) atoms. The summed E-state index contributed by atoms with van der Waals surface area (Å²) in [6, 6.07) is 3.39. The van der Waals surface area contributed by atoms with E-state index < -0.39 is 12.2 Å². The molecule has 6 heteroatoms. The summed E-state index contributed by atoms with van der Waals surface area (Å²) in [5, 5.41) is 3.19. The summed E-state index contributed by atoms with van der Waals surface area (Å²) in [5.74, 6) is -0.915. The van der Waals surface area contributed by atoms with E-state index in [-0.39, 0.29) is 17.9 Å². The molecule has 0 aromatic heterocycles. The number of hydrogen-bond donors (Lipinski definition) is 1. The maximum Gasteiger partial charge on any atom is 0.573 e. The zero-order valence-electron chi connectivity index (χ0n) is 11.0. The van der Waals surface area contributed by atoms with Crippen LogP contribution >= 0.6 is 0 Å². The zero-order valence-corrected chi connectivity index (χ0v) is 11.0. The Hall–Kier alpha value is -1.30. The Balaban J connectivity index is 1.97. The topological polar surface area (TPSA) is 21.3 Å². The highest BCUT2D eigenvalue weighted by Gasteiger charge is 2.31. The van der Waals surface area contributed by atoms with Crippen molar-refractivity contribution in [1.82, 2.24) is 5.32 Å². The molecule has 1 aliphatic carbocycles. The first kappa shape index (κ1) is 15.1. The zero-order chi connectivity index (χ0) is 14.6. The van der Waals surface area contributed by atoms with E-state index in [1.165, 1.54) is 6.42 Å². The van der Waals surface area contributed by atoms with Crippen LogP contribution in [0.25, 0.3) is 0 Å². The highest BCUT2D eigenvalue weighted by molar-refractivity contribution is 5.30. The molecule has 0 spiro atoms. The van der Waals surface area contributed by atoms with Gasteiger partial charge in [-0.1, -0.05) is 19.3 Å². The fourth-order valence-corrected chi connectivity index (χ4v) is 2.44. The predicted octanol–water partition coefficient (Wildman–Crippen LogP) is 4.15. The van der Waals surface area contributed by atoms with Crippen molar-refractivity contribution in [2.45, 2.75) is 51.1 Å². The second-order valence-corrected chi connectivity index (χ2v) is 5.02. The van der Waals surface area contributed by atoms with Crippen LogP contribution in [-0.4, -0.2) is 12.4 Å². The van der Waals surface area contributed by atoms with Gasteiger partial charge < -0.3 is 10.1 Å². The van der Waals surface area contributed by atoms with E-state index >= 15 is 0 Å². The summed E-state index contributed by atoms with van der Waals surface area (Å²) in [6.07, 6.45) is 0.781. The molecule has 0 unspecified atom stereocenters. The van der Waals surface area contributed by atoms with Crippen LogP contribution in [0.3, 0.4) is 0 Å². The van der Waals surface area contributed by atoms with Crippen molar-refractivity contribution in [3.63, 3.8) is 0 Å². The van der Waals surface area contributed by atoms with Crippen LogP contribution in [0.2, 0.25) is 0 Å². The molecule has 1 fully saturated rings. The highest BCUT2D eigenvalue weighted by Crippen LogP contribution is 2.25. The first-order valence-corrected chi connectivity index (χ1v) is 6.71. The lowest BCUT2D eigenvalue weighted by Crippen LogP contribution is -2.30. The average Bonchev–Trinajstić information content (AvgIpc) is 2.39. The van der Waals surface area contributed by atoms with Gasteiger partial charge in [-0.15, -0.1) is 13.2 Å². The fourth-order valence-electron chi connectivity index (χ4n) is 2.44. The van der Waals surface area contributed by atoms with Gasteiger partial charge in [0, 0.05) is 18.2 Å². The van der Waals surface area contributed by atoms with Crippen LogP contribution in [0, 0.1) is 5.82 Å². The smallest absolute Gasteiger partial charge is 0.406 e. The molecule has 0 atom stereocenters. The van der Waals surface area contributed by atoms with Crippen LogP contribution < -0.4 is 10.1 Å². The van der Waals surface area contributed by atoms with Crippen LogP contribution in [-0.2, 0) is 6.54 Å². The summed E-state index contributed by atoms with van der Waals surface area (Å²) in [4.78, 5) is 0. The molecule has 112 valence electrons. The number of hydrogen-bond acceptors (Lipinski definition) is 2.